The van der Waals surface area contributed by atoms with E-state index >= 15 is 0 Å². The van der Waals surface area contributed by atoms with E-state index in [1.807, 2.05) is 36.4 Å². The number of carbonyl (C=O) groups excluding carboxylic acids is 3. The Hall–Kier alpha value is -5.08. The Labute approximate surface area is 278 Å². The minimum absolute atomic E-state index is 0.186. The van der Waals surface area contributed by atoms with Crippen molar-refractivity contribution in [2.45, 2.75) is 22.4 Å². The quantitative estimate of drug-likeness (QED) is 0.189. The Morgan fingerprint density at radius 2 is 1.71 bits per heavy atom. The van der Waals surface area contributed by atoms with Gasteiger partial charge in [0.25, 0.3) is 5.91 Å². The molecule has 2 aliphatic rings. The van der Waals surface area contributed by atoms with Crippen LogP contribution >= 0.6 is 23.1 Å². The van der Waals surface area contributed by atoms with E-state index < -0.39 is 46.5 Å². The SMILES string of the molecule is COc1cc(C2c3sc(=O)[nH]c3SC3C(=O)N(c4cccc(C(F)(F)F)c4)C(=O)C32)ccc1OCC(=O)Nc1ccc2ccccc2c1. The molecule has 244 valence electrons. The number of nitrogens with one attached hydrogen (secondary N) is 2. The summed E-state index contributed by atoms with van der Waals surface area (Å²) in [5.41, 5.74) is -0.0626. The molecule has 0 aliphatic carbocycles. The molecular formula is C34H24F3N3O6S2. The van der Waals surface area contributed by atoms with Crippen LogP contribution in [0.4, 0.5) is 24.5 Å². The molecule has 5 aromatic rings. The number of imide groups is 1. The molecular weight excluding hydrogens is 668 g/mol. The normalized spacial score (nSPS) is 18.8. The number of H-pyrrole nitrogens is 1. The summed E-state index contributed by atoms with van der Waals surface area (Å²) in [5, 5.41) is 4.21. The van der Waals surface area contributed by atoms with Crippen LogP contribution in [0.5, 0.6) is 11.5 Å². The fourth-order valence-electron chi connectivity index (χ4n) is 6.06. The minimum Gasteiger partial charge on any atom is -0.493 e. The number of methoxy groups -OCH3 is 1. The molecule has 0 spiro atoms. The third-order valence-corrected chi connectivity index (χ3v) is 10.6. The number of aromatic nitrogens is 1. The van der Waals surface area contributed by atoms with E-state index in [0.717, 1.165) is 57.0 Å². The highest BCUT2D eigenvalue weighted by molar-refractivity contribution is 8.00. The number of ether oxygens (including phenoxy) is 2. The molecule has 7 rings (SSSR count). The number of thioether (sulfide) groups is 1. The average molecular weight is 692 g/mol. The molecule has 3 atom stereocenters. The summed E-state index contributed by atoms with van der Waals surface area (Å²) in [4.78, 5) is 56.5. The molecule has 1 aromatic heterocycles. The molecule has 9 nitrogen and oxygen atoms in total. The standard InChI is InChI=1S/C34H24F3N3O6S2/c1-45-24-14-19(10-12-23(24)46-16-25(41)38-21-11-9-17-5-2-3-6-18(17)13-21)26-27-29(47-30-28(26)48-33(44)39-30)32(43)40(31(27)42)22-8-4-7-20(15-22)34(35,36)37/h2-15,26-27,29H,16H2,1H3,(H,38,41)(H,39,44). The van der Waals surface area contributed by atoms with Gasteiger partial charge in [0.15, 0.2) is 18.1 Å². The van der Waals surface area contributed by atoms with Crippen molar-refractivity contribution in [3.63, 3.8) is 0 Å². The van der Waals surface area contributed by atoms with Gasteiger partial charge in [-0.15, -0.1) is 0 Å². The topological polar surface area (TPSA) is 118 Å². The number of hydrogen-bond donors (Lipinski definition) is 2. The molecule has 0 radical (unpaired) electrons. The van der Waals surface area contributed by atoms with Crippen LogP contribution in [0.25, 0.3) is 10.8 Å². The van der Waals surface area contributed by atoms with Crippen LogP contribution in [0, 0.1) is 5.92 Å². The van der Waals surface area contributed by atoms with Gasteiger partial charge in [0.05, 0.1) is 29.3 Å². The van der Waals surface area contributed by atoms with Crippen LogP contribution in [0.1, 0.15) is 21.9 Å². The van der Waals surface area contributed by atoms with Crippen molar-refractivity contribution in [2.75, 3.05) is 23.9 Å². The van der Waals surface area contributed by atoms with Crippen molar-refractivity contribution < 1.29 is 37.0 Å². The lowest BCUT2D eigenvalue weighted by molar-refractivity contribution is -0.137. The minimum atomic E-state index is -4.67. The van der Waals surface area contributed by atoms with Gasteiger partial charge in [-0.05, 0) is 58.8 Å². The van der Waals surface area contributed by atoms with Crippen LogP contribution in [0.15, 0.2) is 94.7 Å². The van der Waals surface area contributed by atoms with Crippen LogP contribution in [0.3, 0.4) is 0 Å². The second kappa shape index (κ2) is 12.2. The number of halogens is 3. The van der Waals surface area contributed by atoms with E-state index in [2.05, 4.69) is 10.3 Å². The Morgan fingerprint density at radius 1 is 0.917 bits per heavy atom. The number of fused-ring (bicyclic) bond motifs is 3. The number of amides is 3. The van der Waals surface area contributed by atoms with Gasteiger partial charge >= 0.3 is 11.0 Å². The molecule has 0 saturated carbocycles. The highest BCUT2D eigenvalue weighted by atomic mass is 32.2. The fourth-order valence-corrected chi connectivity index (χ4v) is 8.57. The fraction of sp³-hybridized carbons (Fsp3) is 0.176. The van der Waals surface area contributed by atoms with Crippen LogP contribution in [0.2, 0.25) is 0 Å². The van der Waals surface area contributed by atoms with Crippen molar-refractivity contribution in [1.29, 1.82) is 0 Å². The molecule has 1 fully saturated rings. The zero-order valence-electron chi connectivity index (χ0n) is 24.9. The molecule has 3 unspecified atom stereocenters. The second-order valence-corrected chi connectivity index (χ2v) is 13.3. The zero-order chi connectivity index (χ0) is 33.7. The Bertz CT molecular complexity index is 2160. The van der Waals surface area contributed by atoms with Gasteiger partial charge in [0, 0.05) is 16.5 Å². The van der Waals surface area contributed by atoms with Crippen LogP contribution < -0.4 is 24.6 Å². The third-order valence-electron chi connectivity index (χ3n) is 8.19. The molecule has 2 aliphatic heterocycles. The van der Waals surface area contributed by atoms with Gasteiger partial charge in [-0.1, -0.05) is 65.6 Å². The highest BCUT2D eigenvalue weighted by Crippen LogP contribution is 2.54. The predicted molar refractivity (Wildman–Crippen MR) is 175 cm³/mol. The number of aromatic amines is 1. The maximum atomic E-state index is 14.0. The maximum Gasteiger partial charge on any atom is 0.416 e. The number of carbonyl (C=O) groups is 3. The van der Waals surface area contributed by atoms with E-state index in [1.165, 1.54) is 13.2 Å². The van der Waals surface area contributed by atoms with Gasteiger partial charge in [-0.25, -0.2) is 4.90 Å². The van der Waals surface area contributed by atoms with Gasteiger partial charge in [-0.2, -0.15) is 13.2 Å². The summed E-state index contributed by atoms with van der Waals surface area (Å²) in [6.07, 6.45) is -4.67. The van der Waals surface area contributed by atoms with Crippen molar-refractivity contribution in [2.24, 2.45) is 5.92 Å². The smallest absolute Gasteiger partial charge is 0.416 e. The van der Waals surface area contributed by atoms with Gasteiger partial charge in [-0.3, -0.25) is 19.2 Å². The van der Waals surface area contributed by atoms with E-state index in [9.17, 15) is 32.3 Å². The molecule has 2 N–H and O–H groups in total. The molecule has 4 aromatic carbocycles. The lowest BCUT2D eigenvalue weighted by Gasteiger charge is -2.30. The monoisotopic (exact) mass is 691 g/mol. The second-order valence-electron chi connectivity index (χ2n) is 11.1. The van der Waals surface area contributed by atoms with Crippen molar-refractivity contribution in [1.82, 2.24) is 4.98 Å². The third kappa shape index (κ3) is 5.70. The lowest BCUT2D eigenvalue weighted by atomic mass is 9.83. The van der Waals surface area contributed by atoms with Crippen molar-refractivity contribution in [3.05, 3.63) is 111 Å². The number of hydrogen-bond acceptors (Lipinski definition) is 8. The number of alkyl halides is 3. The first kappa shape index (κ1) is 31.5. The Morgan fingerprint density at radius 3 is 2.48 bits per heavy atom. The van der Waals surface area contributed by atoms with E-state index in [4.69, 9.17) is 9.47 Å². The summed E-state index contributed by atoms with van der Waals surface area (Å²) >= 11 is 1.91. The van der Waals surface area contributed by atoms with Gasteiger partial charge in [0.1, 0.15) is 5.25 Å². The van der Waals surface area contributed by atoms with E-state index in [1.54, 1.807) is 24.3 Å². The first-order chi connectivity index (χ1) is 23.0. The summed E-state index contributed by atoms with van der Waals surface area (Å²) in [5.74, 6) is -3.13. The summed E-state index contributed by atoms with van der Waals surface area (Å²) in [6.45, 7) is -0.337. The van der Waals surface area contributed by atoms with Crippen LogP contribution in [-0.2, 0) is 20.6 Å². The van der Waals surface area contributed by atoms with Crippen molar-refractivity contribution in [3.8, 4) is 11.5 Å². The molecule has 3 heterocycles. The van der Waals surface area contributed by atoms with Crippen molar-refractivity contribution >= 4 is 63.0 Å². The summed E-state index contributed by atoms with van der Waals surface area (Å²) in [7, 11) is 1.40. The Balaban J connectivity index is 1.16. The highest BCUT2D eigenvalue weighted by Gasteiger charge is 2.56. The molecule has 48 heavy (non-hydrogen) atoms. The number of nitrogens with zero attached hydrogens (tertiary/aromatic N) is 1. The number of thiazole rings is 1. The van der Waals surface area contributed by atoms with E-state index in [0.29, 0.717) is 21.2 Å². The average Bonchev–Trinajstić information content (AvgIpc) is 3.56. The van der Waals surface area contributed by atoms with E-state index in [-0.39, 0.29) is 28.7 Å². The maximum absolute atomic E-state index is 14.0. The first-order valence-corrected chi connectivity index (χ1v) is 16.3. The van der Waals surface area contributed by atoms with Gasteiger partial charge < -0.3 is 19.8 Å². The molecule has 1 saturated heterocycles. The Kier molecular flexibility index (Phi) is 8.00. The predicted octanol–water partition coefficient (Wildman–Crippen LogP) is 6.43. The lowest BCUT2D eigenvalue weighted by Crippen LogP contribution is -2.32. The number of anilines is 2. The number of benzene rings is 4. The molecule has 14 heteroatoms. The van der Waals surface area contributed by atoms with Crippen LogP contribution in [-0.4, -0.2) is 41.7 Å². The zero-order valence-corrected chi connectivity index (χ0v) is 26.5. The summed E-state index contributed by atoms with van der Waals surface area (Å²) in [6, 6.07) is 22.2. The summed E-state index contributed by atoms with van der Waals surface area (Å²) < 4.78 is 51.8. The van der Waals surface area contributed by atoms with Gasteiger partial charge in [0.2, 0.25) is 11.8 Å². The number of rotatable bonds is 7. The first-order valence-electron chi connectivity index (χ1n) is 14.6. The molecule has 0 bridgehead atoms. The largest absolute Gasteiger partial charge is 0.493 e. The molecule has 3 amide bonds.